The standard InChI is InChI=1S/C27H24F2N2O7/c1-31(2)17-9-13(10-3-4-15(28)16(29)7-10)22(33)20-14(17)6-11-5-12-8-18(32)21(26(30)37)25(36)27(12,38)24(35)19(11)23(20)34/h3-4,7,9,11-12,19,21,33,38H,5-6,8H2,1-2H3,(H2,30,37)/t11-,12+,19?,21?,27+/m1/s1. The number of hydrogen-bond donors (Lipinski definition) is 3. The number of anilines is 1. The molecule has 0 aliphatic heterocycles. The van der Waals surface area contributed by atoms with E-state index in [9.17, 15) is 43.0 Å². The van der Waals surface area contributed by atoms with Gasteiger partial charge in [-0.1, -0.05) is 6.07 Å². The second-order valence-corrected chi connectivity index (χ2v) is 10.4. The maximum absolute atomic E-state index is 14.0. The summed E-state index contributed by atoms with van der Waals surface area (Å²) in [6, 6.07) is 4.51. The number of rotatable bonds is 3. The van der Waals surface area contributed by atoms with Gasteiger partial charge < -0.3 is 20.8 Å². The number of amides is 1. The average molecular weight is 526 g/mol. The second kappa shape index (κ2) is 8.52. The number of nitrogens with two attached hydrogens (primary N) is 1. The number of hydrogen-bond acceptors (Lipinski definition) is 8. The van der Waals surface area contributed by atoms with Crippen LogP contribution in [0.4, 0.5) is 14.5 Å². The zero-order chi connectivity index (χ0) is 27.8. The summed E-state index contributed by atoms with van der Waals surface area (Å²) < 4.78 is 27.6. The van der Waals surface area contributed by atoms with Crippen molar-refractivity contribution in [2.45, 2.75) is 24.9 Å². The van der Waals surface area contributed by atoms with Crippen molar-refractivity contribution in [2.75, 3.05) is 19.0 Å². The molecule has 0 saturated heterocycles. The SMILES string of the molecule is CN(C)c1cc(-c2ccc(F)c(F)c2)c(O)c2c1C[C@H]1C[C@H]3CC(=O)C(C(N)=O)C(=O)[C@@]3(O)C(=O)C1C2=O. The van der Waals surface area contributed by atoms with Crippen molar-refractivity contribution in [1.82, 2.24) is 0 Å². The van der Waals surface area contributed by atoms with Crippen molar-refractivity contribution < 1.29 is 43.0 Å². The molecular formula is C27H24F2N2O7. The number of halogens is 2. The highest BCUT2D eigenvalue weighted by molar-refractivity contribution is 6.31. The Morgan fingerprint density at radius 2 is 1.74 bits per heavy atom. The highest BCUT2D eigenvalue weighted by atomic mass is 19.2. The van der Waals surface area contributed by atoms with Crippen LogP contribution >= 0.6 is 0 Å². The summed E-state index contributed by atoms with van der Waals surface area (Å²) in [7, 11) is 3.37. The van der Waals surface area contributed by atoms with E-state index in [2.05, 4.69) is 0 Å². The number of phenolic OH excluding ortho intramolecular Hbond substituents is 1. The van der Waals surface area contributed by atoms with E-state index in [1.165, 1.54) is 12.1 Å². The molecule has 2 saturated carbocycles. The van der Waals surface area contributed by atoms with Crippen molar-refractivity contribution in [3.63, 3.8) is 0 Å². The van der Waals surface area contributed by atoms with E-state index >= 15 is 0 Å². The van der Waals surface area contributed by atoms with Crippen molar-refractivity contribution in [3.05, 3.63) is 47.0 Å². The molecule has 2 unspecified atom stereocenters. The summed E-state index contributed by atoms with van der Waals surface area (Å²) in [5, 5.41) is 22.5. The number of aromatic hydroxyl groups is 1. The topological polar surface area (TPSA) is 155 Å². The largest absolute Gasteiger partial charge is 0.507 e. The first-order chi connectivity index (χ1) is 17.8. The number of aliphatic hydroxyl groups is 1. The first-order valence-corrected chi connectivity index (χ1v) is 12.0. The fraction of sp³-hybridized carbons (Fsp3) is 0.370. The molecule has 5 rings (SSSR count). The highest BCUT2D eigenvalue weighted by Gasteiger charge is 2.66. The number of primary amides is 1. The van der Waals surface area contributed by atoms with Gasteiger partial charge in [-0.2, -0.15) is 0 Å². The molecule has 0 heterocycles. The molecule has 0 radical (unpaired) electrons. The van der Waals surface area contributed by atoms with Gasteiger partial charge in [0.2, 0.25) is 5.91 Å². The number of carbonyl (C=O) groups excluding carboxylic acids is 5. The lowest BCUT2D eigenvalue weighted by molar-refractivity contribution is -0.175. The van der Waals surface area contributed by atoms with Crippen LogP contribution in [0.1, 0.15) is 28.8 Å². The van der Waals surface area contributed by atoms with Crippen molar-refractivity contribution in [2.24, 2.45) is 29.4 Å². The quantitative estimate of drug-likeness (QED) is 0.506. The van der Waals surface area contributed by atoms with Crippen molar-refractivity contribution in [1.29, 1.82) is 0 Å². The molecule has 4 N–H and O–H groups in total. The Morgan fingerprint density at radius 3 is 2.34 bits per heavy atom. The Kier molecular flexibility index (Phi) is 5.75. The molecule has 0 spiro atoms. The first kappa shape index (κ1) is 25.7. The molecule has 1 amide bonds. The Morgan fingerprint density at radius 1 is 1.05 bits per heavy atom. The molecule has 5 atom stereocenters. The first-order valence-electron chi connectivity index (χ1n) is 12.0. The predicted octanol–water partition coefficient (Wildman–Crippen LogP) is 1.34. The Bertz CT molecular complexity index is 1470. The van der Waals surface area contributed by atoms with Crippen LogP contribution < -0.4 is 10.6 Å². The maximum Gasteiger partial charge on any atom is 0.235 e. The maximum atomic E-state index is 14.0. The molecule has 0 bridgehead atoms. The molecule has 2 fully saturated rings. The minimum atomic E-state index is -2.75. The zero-order valence-corrected chi connectivity index (χ0v) is 20.5. The van der Waals surface area contributed by atoms with E-state index in [1.54, 1.807) is 19.0 Å². The third kappa shape index (κ3) is 3.41. The van der Waals surface area contributed by atoms with E-state index in [0.717, 1.165) is 12.1 Å². The molecule has 2 aromatic carbocycles. The van der Waals surface area contributed by atoms with Gasteiger partial charge in [0.15, 0.2) is 46.3 Å². The van der Waals surface area contributed by atoms with Gasteiger partial charge >= 0.3 is 0 Å². The van der Waals surface area contributed by atoms with Crippen LogP contribution in [0.25, 0.3) is 11.1 Å². The van der Waals surface area contributed by atoms with Gasteiger partial charge in [0, 0.05) is 37.7 Å². The van der Waals surface area contributed by atoms with E-state index < -0.39 is 82.1 Å². The number of carbonyl (C=O) groups is 5. The molecule has 11 heteroatoms. The van der Waals surface area contributed by atoms with Crippen LogP contribution in [0.3, 0.4) is 0 Å². The number of fused-ring (bicyclic) bond motifs is 3. The number of nitrogens with zero attached hydrogens (tertiary/aromatic N) is 1. The molecule has 3 aliphatic rings. The van der Waals surface area contributed by atoms with Gasteiger partial charge in [-0.25, -0.2) is 8.78 Å². The van der Waals surface area contributed by atoms with Crippen LogP contribution in [0.5, 0.6) is 5.75 Å². The van der Waals surface area contributed by atoms with Gasteiger partial charge in [0.1, 0.15) is 5.75 Å². The fourth-order valence-electron chi connectivity index (χ4n) is 6.30. The van der Waals surface area contributed by atoms with Crippen LogP contribution in [0.2, 0.25) is 0 Å². The Balaban J connectivity index is 1.66. The molecule has 38 heavy (non-hydrogen) atoms. The van der Waals surface area contributed by atoms with Crippen molar-refractivity contribution >= 4 is 34.7 Å². The molecular weight excluding hydrogens is 502 g/mol. The lowest BCUT2D eigenvalue weighted by atomic mass is 9.53. The van der Waals surface area contributed by atoms with Crippen molar-refractivity contribution in [3.8, 4) is 16.9 Å². The highest BCUT2D eigenvalue weighted by Crippen LogP contribution is 2.52. The molecule has 9 nitrogen and oxygen atoms in total. The summed E-state index contributed by atoms with van der Waals surface area (Å²) in [5.41, 5.74) is 3.22. The average Bonchev–Trinajstić information content (AvgIpc) is 2.83. The van der Waals surface area contributed by atoms with Gasteiger partial charge in [0.05, 0.1) is 11.5 Å². The molecule has 2 aromatic rings. The Labute approximate surface area is 215 Å². The number of benzene rings is 2. The van der Waals surface area contributed by atoms with E-state index in [4.69, 9.17) is 5.73 Å². The lowest BCUT2D eigenvalue weighted by Crippen LogP contribution is -2.68. The summed E-state index contributed by atoms with van der Waals surface area (Å²) in [6.45, 7) is 0. The fourth-order valence-corrected chi connectivity index (χ4v) is 6.30. The van der Waals surface area contributed by atoms with Gasteiger partial charge in [-0.05, 0) is 48.1 Å². The van der Waals surface area contributed by atoms with E-state index in [0.29, 0.717) is 11.3 Å². The number of phenols is 1. The predicted molar refractivity (Wildman–Crippen MR) is 128 cm³/mol. The summed E-state index contributed by atoms with van der Waals surface area (Å²) >= 11 is 0. The van der Waals surface area contributed by atoms with E-state index in [-0.39, 0.29) is 29.5 Å². The minimum absolute atomic E-state index is 0.0196. The van der Waals surface area contributed by atoms with Crippen LogP contribution in [0, 0.1) is 35.3 Å². The van der Waals surface area contributed by atoms with E-state index in [1.807, 2.05) is 0 Å². The van der Waals surface area contributed by atoms with Gasteiger partial charge in [-0.15, -0.1) is 0 Å². The van der Waals surface area contributed by atoms with Gasteiger partial charge in [0.25, 0.3) is 0 Å². The second-order valence-electron chi connectivity index (χ2n) is 10.4. The smallest absolute Gasteiger partial charge is 0.235 e. The number of ketones is 4. The minimum Gasteiger partial charge on any atom is -0.507 e. The third-order valence-corrected chi connectivity index (χ3v) is 8.09. The normalized spacial score (nSPS) is 28.4. The molecule has 198 valence electrons. The monoisotopic (exact) mass is 526 g/mol. The van der Waals surface area contributed by atoms with Gasteiger partial charge in [-0.3, -0.25) is 24.0 Å². The number of Topliss-reactive ketones (excluding diaryl/α,β-unsaturated/α-hetero) is 4. The molecule has 3 aliphatic carbocycles. The zero-order valence-electron chi connectivity index (χ0n) is 20.5. The van der Waals surface area contributed by atoms with Crippen LogP contribution in [-0.2, 0) is 25.6 Å². The molecule has 0 aromatic heterocycles. The summed E-state index contributed by atoms with van der Waals surface area (Å²) in [5.74, 6) is -13.5. The third-order valence-electron chi connectivity index (χ3n) is 8.09. The lowest BCUT2D eigenvalue weighted by Gasteiger charge is -2.48. The Hall–Kier alpha value is -3.99. The summed E-state index contributed by atoms with van der Waals surface area (Å²) in [6.07, 6.45) is -0.350. The van der Waals surface area contributed by atoms with Crippen LogP contribution in [-0.4, -0.2) is 58.9 Å². The van der Waals surface area contributed by atoms with Crippen LogP contribution in [0.15, 0.2) is 24.3 Å². The summed E-state index contributed by atoms with van der Waals surface area (Å²) in [4.78, 5) is 66.5.